The zero-order valence-electron chi connectivity index (χ0n) is 26.4. The Morgan fingerprint density at radius 1 is 1.13 bits per heavy atom. The van der Waals surface area contributed by atoms with Crippen molar-refractivity contribution in [3.63, 3.8) is 0 Å². The molecule has 4 heterocycles. The zero-order valence-corrected chi connectivity index (χ0v) is 27.1. The van der Waals surface area contributed by atoms with Crippen LogP contribution in [0.2, 0.25) is 5.02 Å². The minimum absolute atomic E-state index is 0.0166. The van der Waals surface area contributed by atoms with Crippen LogP contribution in [-0.4, -0.2) is 76.4 Å². The molecule has 7 rings (SSSR count). The number of nitrogens with one attached hydrogen (secondary N) is 2. The lowest BCUT2D eigenvalue weighted by Crippen LogP contribution is -2.43. The molecule has 1 aromatic carbocycles. The minimum atomic E-state index is -0.801. The molecule has 4 aliphatic rings. The third-order valence-electron chi connectivity index (χ3n) is 10.2. The van der Waals surface area contributed by atoms with Crippen LogP contribution >= 0.6 is 11.6 Å². The molecule has 10 nitrogen and oxygen atoms in total. The second kappa shape index (κ2) is 12.8. The van der Waals surface area contributed by atoms with E-state index in [9.17, 15) is 9.59 Å². The number of carbonyl (C=O) groups excluding carboxylic acids is 2. The summed E-state index contributed by atoms with van der Waals surface area (Å²) in [6, 6.07) is 9.58. The Morgan fingerprint density at radius 2 is 1.91 bits per heavy atom. The van der Waals surface area contributed by atoms with Crippen LogP contribution in [0.15, 0.2) is 49.1 Å². The number of carbonyl (C=O) groups is 2. The molecule has 1 saturated carbocycles. The van der Waals surface area contributed by atoms with Crippen LogP contribution in [0.5, 0.6) is 0 Å². The fourth-order valence-corrected chi connectivity index (χ4v) is 7.54. The lowest BCUT2D eigenvalue weighted by molar-refractivity contribution is -0.134. The van der Waals surface area contributed by atoms with Crippen LogP contribution in [0.25, 0.3) is 11.6 Å². The number of aromatic nitrogens is 3. The van der Waals surface area contributed by atoms with E-state index in [2.05, 4.69) is 33.8 Å². The molecule has 2 aromatic heterocycles. The van der Waals surface area contributed by atoms with E-state index in [1.807, 2.05) is 40.9 Å². The first-order valence-corrected chi connectivity index (χ1v) is 16.7. The van der Waals surface area contributed by atoms with Gasteiger partial charge in [-0.2, -0.15) is 0 Å². The highest BCUT2D eigenvalue weighted by molar-refractivity contribution is 6.30. The van der Waals surface area contributed by atoms with Crippen molar-refractivity contribution in [1.82, 2.24) is 30.1 Å². The fourth-order valence-electron chi connectivity index (χ4n) is 7.37. The Kier molecular flexibility index (Phi) is 8.61. The van der Waals surface area contributed by atoms with Crippen molar-refractivity contribution in [3.05, 3.63) is 82.2 Å². The average molecular weight is 645 g/mol. The van der Waals surface area contributed by atoms with E-state index >= 15 is 0 Å². The van der Waals surface area contributed by atoms with E-state index in [1.54, 1.807) is 19.6 Å². The zero-order chi connectivity index (χ0) is 31.8. The maximum Gasteiger partial charge on any atom is 0.410 e. The smallest absolute Gasteiger partial charge is 0.410 e. The van der Waals surface area contributed by atoms with Crippen molar-refractivity contribution in [2.45, 2.75) is 62.2 Å². The molecule has 2 saturated heterocycles. The lowest BCUT2D eigenvalue weighted by atomic mass is 9.75. The first kappa shape index (κ1) is 30.9. The molecule has 2 aliphatic carbocycles. The summed E-state index contributed by atoms with van der Waals surface area (Å²) in [5.74, 6) is 0.0651. The van der Waals surface area contributed by atoms with Crippen molar-refractivity contribution in [1.29, 1.82) is 0 Å². The molecule has 0 bridgehead atoms. The molecule has 2 unspecified atom stereocenters. The van der Waals surface area contributed by atoms with Crippen molar-refractivity contribution >= 4 is 35.3 Å². The third-order valence-corrected chi connectivity index (χ3v) is 10.4. The second-order valence-corrected chi connectivity index (χ2v) is 13.4. The monoisotopic (exact) mass is 644 g/mol. The largest absolute Gasteiger partial charge is 0.446 e. The molecule has 2 N–H and O–H groups in total. The first-order chi connectivity index (χ1) is 22.4. The number of benzene rings is 1. The topological polar surface area (TPSA) is 111 Å². The Bertz CT molecular complexity index is 1640. The van der Waals surface area contributed by atoms with Gasteiger partial charge in [0, 0.05) is 44.4 Å². The number of fused-ring (bicyclic) bond motifs is 2. The van der Waals surface area contributed by atoms with Crippen LogP contribution in [0.3, 0.4) is 0 Å². The molecule has 3 aromatic rings. The SMILES string of the molecule is COC1(C(=O)NC(C2=Cc3cccnc3C(C3CCN(C(=O)OC4CCNCC4)CC3)c3ccc(Cl)cc32)c2cncn2C)CC1. The number of likely N-dealkylation sites (tertiary alicyclic amines) is 1. The average Bonchev–Trinajstić information content (AvgIpc) is 3.80. The number of nitrogens with zero attached hydrogens (tertiary/aromatic N) is 4. The lowest BCUT2D eigenvalue weighted by Gasteiger charge is -2.37. The molecule has 242 valence electrons. The first-order valence-electron chi connectivity index (χ1n) is 16.3. The highest BCUT2D eigenvalue weighted by Gasteiger charge is 2.51. The van der Waals surface area contributed by atoms with E-state index in [-0.39, 0.29) is 29.9 Å². The number of imidazole rings is 1. The van der Waals surface area contributed by atoms with Gasteiger partial charge in [-0.3, -0.25) is 9.78 Å². The van der Waals surface area contributed by atoms with Crippen molar-refractivity contribution in [3.8, 4) is 0 Å². The van der Waals surface area contributed by atoms with Gasteiger partial charge in [-0.05, 0) is 104 Å². The molecular formula is C35H41ClN6O4. The number of hydrogen-bond acceptors (Lipinski definition) is 7. The van der Waals surface area contributed by atoms with Crippen molar-refractivity contribution in [2.24, 2.45) is 13.0 Å². The number of piperidine rings is 2. The second-order valence-electron chi connectivity index (χ2n) is 13.0. The summed E-state index contributed by atoms with van der Waals surface area (Å²) in [6.07, 6.45) is 12.0. The summed E-state index contributed by atoms with van der Waals surface area (Å²) >= 11 is 6.72. The summed E-state index contributed by atoms with van der Waals surface area (Å²) in [7, 11) is 3.53. The van der Waals surface area contributed by atoms with Gasteiger partial charge in [0.25, 0.3) is 5.91 Å². The van der Waals surface area contributed by atoms with Crippen LogP contribution in [0.4, 0.5) is 4.79 Å². The molecule has 0 spiro atoms. The maximum atomic E-state index is 13.7. The Balaban J connectivity index is 1.23. The summed E-state index contributed by atoms with van der Waals surface area (Å²) in [5.41, 5.74) is 5.03. The van der Waals surface area contributed by atoms with Gasteiger partial charge in [-0.15, -0.1) is 0 Å². The Labute approximate surface area is 274 Å². The molecule has 0 radical (unpaired) electrons. The predicted molar refractivity (Wildman–Crippen MR) is 175 cm³/mol. The van der Waals surface area contributed by atoms with Gasteiger partial charge in [0.2, 0.25) is 0 Å². The molecule has 2 atom stereocenters. The molecule has 3 fully saturated rings. The van der Waals surface area contributed by atoms with Crippen molar-refractivity contribution in [2.75, 3.05) is 33.3 Å². The molecule has 2 aliphatic heterocycles. The molecule has 11 heteroatoms. The van der Waals surface area contributed by atoms with Crippen LogP contribution in [0, 0.1) is 5.92 Å². The van der Waals surface area contributed by atoms with E-state index in [1.165, 1.54) is 0 Å². The fraction of sp³-hybridized carbons (Fsp3) is 0.486. The number of aryl methyl sites for hydroxylation is 1. The molecule has 2 amide bonds. The Hall–Kier alpha value is -3.73. The summed E-state index contributed by atoms with van der Waals surface area (Å²) in [4.78, 5) is 38.0. The summed E-state index contributed by atoms with van der Waals surface area (Å²) in [6.45, 7) is 3.02. The van der Waals surface area contributed by atoms with Gasteiger partial charge in [0.1, 0.15) is 11.7 Å². The maximum absolute atomic E-state index is 13.7. The number of amides is 2. The Morgan fingerprint density at radius 3 is 2.61 bits per heavy atom. The minimum Gasteiger partial charge on any atom is -0.446 e. The molecule has 46 heavy (non-hydrogen) atoms. The van der Waals surface area contributed by atoms with Gasteiger partial charge >= 0.3 is 6.09 Å². The number of hydrogen-bond donors (Lipinski definition) is 2. The van der Waals surface area contributed by atoms with Crippen LogP contribution < -0.4 is 10.6 Å². The van der Waals surface area contributed by atoms with Gasteiger partial charge in [0.15, 0.2) is 0 Å². The van der Waals surface area contributed by atoms with E-state index < -0.39 is 11.6 Å². The van der Waals surface area contributed by atoms with Gasteiger partial charge in [-0.25, -0.2) is 9.78 Å². The van der Waals surface area contributed by atoms with Crippen molar-refractivity contribution < 1.29 is 19.1 Å². The number of halogens is 1. The molecular weight excluding hydrogens is 604 g/mol. The van der Waals surface area contributed by atoms with E-state index in [0.29, 0.717) is 31.0 Å². The van der Waals surface area contributed by atoms with Gasteiger partial charge < -0.3 is 29.6 Å². The van der Waals surface area contributed by atoms with E-state index in [4.69, 9.17) is 26.1 Å². The van der Waals surface area contributed by atoms with E-state index in [0.717, 1.165) is 72.4 Å². The quantitative estimate of drug-likeness (QED) is 0.369. The van der Waals surface area contributed by atoms with Gasteiger partial charge in [0.05, 0.1) is 30.0 Å². The van der Waals surface area contributed by atoms with Crippen LogP contribution in [0.1, 0.15) is 78.6 Å². The highest BCUT2D eigenvalue weighted by Crippen LogP contribution is 2.48. The standard InChI is InChI=1S/C35H41ClN6O4/c1-41-21-38-20-29(41)32(40-33(43)35(45-2)11-12-35)28-18-23-4-3-13-39-31(23)30(26-6-5-24(36)19-27(26)28)22-9-16-42(17-10-22)34(44)46-25-7-14-37-15-8-25/h3-6,13,18-22,25,30,32,37H,7-12,14-17H2,1-2H3,(H,40,43). The normalized spacial score (nSPS) is 21.8. The predicted octanol–water partition coefficient (Wildman–Crippen LogP) is 5.09. The van der Waals surface area contributed by atoms with Gasteiger partial charge in [-0.1, -0.05) is 23.7 Å². The number of methoxy groups -OCH3 is 1. The third kappa shape index (κ3) is 5.94. The number of rotatable bonds is 7. The highest BCUT2D eigenvalue weighted by atomic mass is 35.5. The summed E-state index contributed by atoms with van der Waals surface area (Å²) in [5, 5.41) is 7.27. The summed E-state index contributed by atoms with van der Waals surface area (Å²) < 4.78 is 13.5. The number of ether oxygens (including phenoxy) is 2. The van der Waals surface area contributed by atoms with Crippen LogP contribution in [-0.2, 0) is 21.3 Å². The number of pyridine rings is 1.